The normalized spacial score (nSPS) is 10.9. The quantitative estimate of drug-likeness (QED) is 0.677. The van der Waals surface area contributed by atoms with Crippen molar-refractivity contribution in [2.45, 2.75) is 13.8 Å². The lowest BCUT2D eigenvalue weighted by Gasteiger charge is -1.97. The molecule has 0 aliphatic rings. The lowest BCUT2D eigenvalue weighted by molar-refractivity contribution is 0.0490. The van der Waals surface area contributed by atoms with Crippen LogP contribution in [0.4, 0.5) is 0 Å². The van der Waals surface area contributed by atoms with Gasteiger partial charge in [-0.15, -0.1) is 0 Å². The Balaban J connectivity index is 2.07. The number of hydrogen-bond acceptors (Lipinski definition) is 6. The van der Waals surface area contributed by atoms with Crippen LogP contribution in [-0.4, -0.2) is 32.2 Å². The molecule has 0 atom stereocenters. The highest BCUT2D eigenvalue weighted by Gasteiger charge is 2.21. The number of rotatable bonds is 3. The number of nitrogens with zero attached hydrogens (tertiary/aromatic N) is 4. The summed E-state index contributed by atoms with van der Waals surface area (Å²) in [5, 5.41) is 4.18. The van der Waals surface area contributed by atoms with E-state index < -0.39 is 5.97 Å². The molecule has 3 heterocycles. The van der Waals surface area contributed by atoms with Crippen LogP contribution in [0.5, 0.6) is 0 Å². The summed E-state index contributed by atoms with van der Waals surface area (Å²) < 4.78 is 12.1. The zero-order chi connectivity index (χ0) is 14.1. The number of aromatic nitrogens is 4. The maximum atomic E-state index is 11.7. The Hall–Kier alpha value is -2.70. The summed E-state index contributed by atoms with van der Waals surface area (Å²) in [7, 11) is 0. The SMILES string of the molecule is CCOC(=O)c1oc(-c2cnn3ccncc23)nc1C. The number of carbonyl (C=O) groups excluding carboxylic acids is 1. The summed E-state index contributed by atoms with van der Waals surface area (Å²) >= 11 is 0. The minimum Gasteiger partial charge on any atom is -0.460 e. The van der Waals surface area contributed by atoms with Gasteiger partial charge in [0.15, 0.2) is 0 Å². The van der Waals surface area contributed by atoms with E-state index >= 15 is 0 Å². The van der Waals surface area contributed by atoms with Gasteiger partial charge in [-0.2, -0.15) is 5.10 Å². The molecule has 0 aromatic carbocycles. The Labute approximate surface area is 114 Å². The Morgan fingerprint density at radius 2 is 2.30 bits per heavy atom. The summed E-state index contributed by atoms with van der Waals surface area (Å²) in [5.74, 6) is -0.0722. The fourth-order valence-electron chi connectivity index (χ4n) is 1.90. The van der Waals surface area contributed by atoms with Crippen molar-refractivity contribution in [1.82, 2.24) is 19.6 Å². The van der Waals surface area contributed by atoms with Gasteiger partial charge in [0.1, 0.15) is 0 Å². The smallest absolute Gasteiger partial charge is 0.376 e. The molecule has 0 fully saturated rings. The summed E-state index contributed by atoms with van der Waals surface area (Å²) in [5.41, 5.74) is 1.92. The van der Waals surface area contributed by atoms with Gasteiger partial charge in [-0.05, 0) is 13.8 Å². The Morgan fingerprint density at radius 1 is 1.45 bits per heavy atom. The minimum absolute atomic E-state index is 0.116. The van der Waals surface area contributed by atoms with Gasteiger partial charge in [0.05, 0.1) is 35.8 Å². The van der Waals surface area contributed by atoms with Crippen molar-refractivity contribution in [1.29, 1.82) is 0 Å². The summed E-state index contributed by atoms with van der Waals surface area (Å²) in [6.07, 6.45) is 6.64. The molecule has 0 spiro atoms. The molecule has 7 heteroatoms. The molecule has 0 amide bonds. The lowest BCUT2D eigenvalue weighted by atomic mass is 10.3. The number of hydrogen-bond donors (Lipinski definition) is 0. The molecule has 0 bridgehead atoms. The number of fused-ring (bicyclic) bond motifs is 1. The largest absolute Gasteiger partial charge is 0.460 e. The van der Waals surface area contributed by atoms with Crippen LogP contribution >= 0.6 is 0 Å². The highest BCUT2D eigenvalue weighted by atomic mass is 16.5. The topological polar surface area (TPSA) is 82.5 Å². The van der Waals surface area contributed by atoms with Crippen LogP contribution in [0, 0.1) is 6.92 Å². The molecule has 0 saturated carbocycles. The van der Waals surface area contributed by atoms with Crippen LogP contribution in [0.15, 0.2) is 29.2 Å². The van der Waals surface area contributed by atoms with Gasteiger partial charge < -0.3 is 9.15 Å². The average molecular weight is 272 g/mol. The van der Waals surface area contributed by atoms with E-state index in [9.17, 15) is 4.79 Å². The van der Waals surface area contributed by atoms with E-state index in [-0.39, 0.29) is 12.4 Å². The summed E-state index contributed by atoms with van der Waals surface area (Å²) in [6, 6.07) is 0. The fourth-order valence-corrected chi connectivity index (χ4v) is 1.90. The number of oxazole rings is 1. The van der Waals surface area contributed by atoms with Crippen molar-refractivity contribution in [3.63, 3.8) is 0 Å². The fraction of sp³-hybridized carbons (Fsp3) is 0.231. The lowest BCUT2D eigenvalue weighted by Crippen LogP contribution is -2.04. The second kappa shape index (κ2) is 4.76. The molecule has 0 N–H and O–H groups in total. The minimum atomic E-state index is -0.515. The third-order valence-electron chi connectivity index (χ3n) is 2.81. The maximum absolute atomic E-state index is 11.7. The summed E-state index contributed by atoms with van der Waals surface area (Å²) in [4.78, 5) is 20.0. The molecule has 20 heavy (non-hydrogen) atoms. The van der Waals surface area contributed by atoms with Crippen LogP contribution in [0.25, 0.3) is 17.0 Å². The zero-order valence-corrected chi connectivity index (χ0v) is 11.0. The molecule has 102 valence electrons. The molecule has 7 nitrogen and oxygen atoms in total. The van der Waals surface area contributed by atoms with Crippen LogP contribution in [0.1, 0.15) is 23.2 Å². The highest BCUT2D eigenvalue weighted by Crippen LogP contribution is 2.25. The molecule has 0 radical (unpaired) electrons. The van der Waals surface area contributed by atoms with E-state index in [1.54, 1.807) is 43.2 Å². The number of ether oxygens (including phenoxy) is 1. The Morgan fingerprint density at radius 3 is 3.10 bits per heavy atom. The maximum Gasteiger partial charge on any atom is 0.376 e. The third-order valence-corrected chi connectivity index (χ3v) is 2.81. The second-order valence-electron chi connectivity index (χ2n) is 4.12. The van der Waals surface area contributed by atoms with Gasteiger partial charge in [0.25, 0.3) is 0 Å². The van der Waals surface area contributed by atoms with Crippen LogP contribution in [0.2, 0.25) is 0 Å². The van der Waals surface area contributed by atoms with Crippen molar-refractivity contribution in [3.05, 3.63) is 36.2 Å². The predicted molar refractivity (Wildman–Crippen MR) is 69.2 cm³/mol. The number of esters is 1. The van der Waals surface area contributed by atoms with E-state index in [1.807, 2.05) is 0 Å². The Kier molecular flexibility index (Phi) is 2.94. The van der Waals surface area contributed by atoms with E-state index in [0.29, 0.717) is 17.1 Å². The molecule has 0 aliphatic carbocycles. The predicted octanol–water partition coefficient (Wildman–Crippen LogP) is 1.87. The number of carbonyl (C=O) groups is 1. The van der Waals surface area contributed by atoms with Crippen molar-refractivity contribution < 1.29 is 13.9 Å². The zero-order valence-electron chi connectivity index (χ0n) is 11.0. The molecular weight excluding hydrogens is 260 g/mol. The first-order valence-corrected chi connectivity index (χ1v) is 6.13. The molecule has 0 unspecified atom stereocenters. The number of aryl methyl sites for hydroxylation is 1. The van der Waals surface area contributed by atoms with Gasteiger partial charge in [-0.1, -0.05) is 0 Å². The van der Waals surface area contributed by atoms with Crippen LogP contribution < -0.4 is 0 Å². The van der Waals surface area contributed by atoms with E-state index in [0.717, 1.165) is 5.52 Å². The van der Waals surface area contributed by atoms with Crippen LogP contribution in [0.3, 0.4) is 0 Å². The van der Waals surface area contributed by atoms with E-state index in [4.69, 9.17) is 9.15 Å². The molecule has 3 aromatic rings. The molecule has 3 aromatic heterocycles. The first-order valence-electron chi connectivity index (χ1n) is 6.13. The van der Waals surface area contributed by atoms with Gasteiger partial charge in [0, 0.05) is 12.4 Å². The third kappa shape index (κ3) is 1.93. The van der Waals surface area contributed by atoms with Crippen molar-refractivity contribution in [2.24, 2.45) is 0 Å². The highest BCUT2D eigenvalue weighted by molar-refractivity contribution is 5.88. The molecular formula is C13H12N4O3. The van der Waals surface area contributed by atoms with Gasteiger partial charge in [-0.25, -0.2) is 14.3 Å². The Bertz CT molecular complexity index is 775. The average Bonchev–Trinajstić information content (AvgIpc) is 3.02. The first-order chi connectivity index (χ1) is 9.70. The van der Waals surface area contributed by atoms with Gasteiger partial charge in [0.2, 0.25) is 11.7 Å². The molecule has 0 saturated heterocycles. The summed E-state index contributed by atoms with van der Waals surface area (Å²) in [6.45, 7) is 3.72. The second-order valence-corrected chi connectivity index (χ2v) is 4.12. The van der Waals surface area contributed by atoms with Crippen LogP contribution in [-0.2, 0) is 4.74 Å². The van der Waals surface area contributed by atoms with E-state index in [1.165, 1.54) is 0 Å². The molecule has 0 aliphatic heterocycles. The van der Waals surface area contributed by atoms with E-state index in [2.05, 4.69) is 15.1 Å². The van der Waals surface area contributed by atoms with Gasteiger partial charge >= 0.3 is 5.97 Å². The standard InChI is InChI=1S/C13H12N4O3/c1-3-19-13(18)11-8(2)16-12(20-11)9-6-15-17-5-4-14-7-10(9)17/h4-7H,3H2,1-2H3. The van der Waals surface area contributed by atoms with Crippen molar-refractivity contribution in [3.8, 4) is 11.5 Å². The molecule has 3 rings (SSSR count). The van der Waals surface area contributed by atoms with Crippen molar-refractivity contribution in [2.75, 3.05) is 6.61 Å². The van der Waals surface area contributed by atoms with Gasteiger partial charge in [-0.3, -0.25) is 4.98 Å². The van der Waals surface area contributed by atoms with Crippen molar-refractivity contribution >= 4 is 11.5 Å². The first kappa shape index (κ1) is 12.3. The monoisotopic (exact) mass is 272 g/mol.